The summed E-state index contributed by atoms with van der Waals surface area (Å²) in [6, 6.07) is 8.01. The predicted octanol–water partition coefficient (Wildman–Crippen LogP) is 9.51. The lowest BCUT2D eigenvalue weighted by Crippen LogP contribution is -2.74. The number of rotatable bonds is 11. The molecule has 43 heavy (non-hydrogen) atoms. The molecule has 0 radical (unpaired) electrons. The van der Waals surface area contributed by atoms with Crippen LogP contribution in [0.2, 0.25) is 0 Å². The molecule has 242 valence electrons. The van der Waals surface area contributed by atoms with E-state index in [9.17, 15) is 74.6 Å². The van der Waals surface area contributed by atoms with Crippen molar-refractivity contribution in [1.82, 2.24) is 0 Å². The van der Waals surface area contributed by atoms with Crippen molar-refractivity contribution in [2.75, 3.05) is 19.0 Å². The van der Waals surface area contributed by atoms with Gasteiger partial charge in [0.25, 0.3) is 0 Å². The van der Waals surface area contributed by atoms with Gasteiger partial charge in [-0.1, -0.05) is 0 Å². The minimum absolute atomic E-state index is 0.232. The zero-order valence-electron chi connectivity index (χ0n) is 20.8. The summed E-state index contributed by atoms with van der Waals surface area (Å²) >= 11 is 0. The first-order chi connectivity index (χ1) is 19.1. The normalized spacial score (nSPS) is 14.8. The van der Waals surface area contributed by atoms with Crippen LogP contribution < -0.4 is 9.64 Å². The van der Waals surface area contributed by atoms with E-state index in [1.165, 1.54) is 12.1 Å². The molecule has 21 heteroatoms. The topological polar surface area (TPSA) is 37.2 Å². The van der Waals surface area contributed by atoms with Gasteiger partial charge in [0, 0.05) is 19.8 Å². The van der Waals surface area contributed by atoms with E-state index >= 15 is 0 Å². The number of halogens is 17. The highest BCUT2D eigenvalue weighted by Crippen LogP contribution is 2.64. The Bertz CT molecular complexity index is 1290. The number of hydrogen-bond donors (Lipinski definition) is 0. The third kappa shape index (κ3) is 5.85. The molecule has 0 atom stereocenters. The van der Waals surface area contributed by atoms with Crippen LogP contribution >= 0.6 is 0 Å². The van der Waals surface area contributed by atoms with Crippen molar-refractivity contribution in [3.8, 4) is 5.75 Å². The van der Waals surface area contributed by atoms with E-state index < -0.39 is 53.6 Å². The molecule has 0 aliphatic heterocycles. The Morgan fingerprint density at radius 1 is 0.465 bits per heavy atom. The molecule has 0 bridgehead atoms. The molecular formula is C22H14F17N3O. The molecule has 0 fully saturated rings. The summed E-state index contributed by atoms with van der Waals surface area (Å²) in [6.07, 6.45) is -14.8. The van der Waals surface area contributed by atoms with Crippen LogP contribution in [0.5, 0.6) is 5.75 Å². The molecule has 2 aromatic rings. The number of hydrogen-bond acceptors (Lipinski definition) is 4. The van der Waals surface area contributed by atoms with Crippen molar-refractivity contribution in [2.45, 2.75) is 47.8 Å². The van der Waals surface area contributed by atoms with Crippen LogP contribution in [0.25, 0.3) is 0 Å². The molecule has 0 spiro atoms. The van der Waals surface area contributed by atoms with E-state index in [0.717, 1.165) is 5.69 Å². The van der Waals surface area contributed by atoms with Gasteiger partial charge in [-0.05, 0) is 48.5 Å². The largest absolute Gasteiger partial charge is 0.471 e. The minimum Gasteiger partial charge on any atom is -0.428 e. The lowest BCUT2D eigenvalue weighted by atomic mass is 9.90. The third-order valence-corrected chi connectivity index (χ3v) is 5.42. The zero-order chi connectivity index (χ0) is 33.7. The van der Waals surface area contributed by atoms with E-state index in [0.29, 0.717) is 12.1 Å². The Labute approximate surface area is 228 Å². The fraction of sp³-hybridized carbons (Fsp3) is 0.455. The predicted molar refractivity (Wildman–Crippen MR) is 113 cm³/mol. The second-order valence-corrected chi connectivity index (χ2v) is 8.67. The smallest absolute Gasteiger partial charge is 0.428 e. The van der Waals surface area contributed by atoms with Crippen LogP contribution in [-0.4, -0.2) is 61.9 Å². The van der Waals surface area contributed by atoms with Crippen LogP contribution in [0.15, 0.2) is 58.8 Å². The summed E-state index contributed by atoms with van der Waals surface area (Å²) in [6.45, 7) is 0. The third-order valence-electron chi connectivity index (χ3n) is 5.42. The fourth-order valence-electron chi connectivity index (χ4n) is 2.88. The summed E-state index contributed by atoms with van der Waals surface area (Å²) in [4.78, 5) is 1.73. The maximum Gasteiger partial charge on any atom is 0.471 e. The summed E-state index contributed by atoms with van der Waals surface area (Å²) in [7, 11) is 3.44. The van der Waals surface area contributed by atoms with Gasteiger partial charge in [-0.25, -0.2) is 0 Å². The second kappa shape index (κ2) is 10.9. The van der Waals surface area contributed by atoms with E-state index in [1.54, 1.807) is 31.1 Å². The molecule has 0 unspecified atom stereocenters. The molecule has 0 aliphatic rings. The average Bonchev–Trinajstić information content (AvgIpc) is 2.87. The fourth-order valence-corrected chi connectivity index (χ4v) is 2.88. The monoisotopic (exact) mass is 659 g/mol. The lowest BCUT2D eigenvalue weighted by Gasteiger charge is -2.42. The SMILES string of the molecule is CN(C)c1ccc(N=Nc2ccc(OC(F)(F)C(F)(F)C(F)(F)C(F)(F)C(F)(F)C(F)(F)C(F)(F)C(F)(F)F)cc2)cc1. The summed E-state index contributed by atoms with van der Waals surface area (Å²) in [5.74, 6) is -52.1. The molecule has 0 N–H and O–H groups in total. The van der Waals surface area contributed by atoms with Crippen LogP contribution in [0.4, 0.5) is 91.7 Å². The molecule has 0 aromatic heterocycles. The van der Waals surface area contributed by atoms with E-state index in [2.05, 4.69) is 15.0 Å². The first kappa shape index (κ1) is 35.6. The maximum absolute atomic E-state index is 14.0. The van der Waals surface area contributed by atoms with Gasteiger partial charge < -0.3 is 9.64 Å². The zero-order valence-corrected chi connectivity index (χ0v) is 20.8. The van der Waals surface area contributed by atoms with Gasteiger partial charge in [0.2, 0.25) is 0 Å². The van der Waals surface area contributed by atoms with Gasteiger partial charge in [0.05, 0.1) is 11.4 Å². The van der Waals surface area contributed by atoms with Gasteiger partial charge in [-0.3, -0.25) is 0 Å². The van der Waals surface area contributed by atoms with Crippen LogP contribution in [0, 0.1) is 0 Å². The number of benzene rings is 2. The van der Waals surface area contributed by atoms with Crippen LogP contribution in [0.3, 0.4) is 0 Å². The Hall–Kier alpha value is -3.55. The molecule has 2 aromatic carbocycles. The number of anilines is 1. The Morgan fingerprint density at radius 2 is 0.791 bits per heavy atom. The molecule has 4 nitrogen and oxygen atoms in total. The molecule has 0 amide bonds. The Kier molecular flexibility index (Phi) is 9.01. The van der Waals surface area contributed by atoms with Crippen LogP contribution in [0.1, 0.15) is 0 Å². The molecule has 0 saturated heterocycles. The highest BCUT2D eigenvalue weighted by molar-refractivity contribution is 5.52. The summed E-state index contributed by atoms with van der Waals surface area (Å²) < 4.78 is 230. The second-order valence-electron chi connectivity index (χ2n) is 8.67. The molecule has 0 saturated carbocycles. The first-order valence-corrected chi connectivity index (χ1v) is 10.8. The van der Waals surface area contributed by atoms with Crippen molar-refractivity contribution < 1.29 is 79.4 Å². The standard InChI is InChI=1S/C22H14F17N3O/c1-42(2)13-7-3-11(4-8-13)40-41-12-5-9-14(10-6-12)43-22(38,39)20(33,34)18(29,30)16(25,26)15(23,24)17(27,28)19(31,32)21(35,36)37/h3-10H,1-2H3. The Balaban J connectivity index is 2.35. The van der Waals surface area contributed by atoms with Crippen molar-refractivity contribution in [3.05, 3.63) is 48.5 Å². The highest BCUT2D eigenvalue weighted by Gasteiger charge is 2.95. The van der Waals surface area contributed by atoms with Crippen molar-refractivity contribution in [3.63, 3.8) is 0 Å². The molecular weight excluding hydrogens is 645 g/mol. The quantitative estimate of drug-likeness (QED) is 0.178. The van der Waals surface area contributed by atoms with E-state index in [4.69, 9.17) is 0 Å². The molecule has 2 rings (SSSR count). The number of ether oxygens (including phenoxy) is 1. The molecule has 0 aliphatic carbocycles. The van der Waals surface area contributed by atoms with Gasteiger partial charge in [-0.15, -0.1) is 0 Å². The number of azo groups is 1. The van der Waals surface area contributed by atoms with E-state index in [1.807, 2.05) is 0 Å². The summed E-state index contributed by atoms with van der Waals surface area (Å²) in [5.41, 5.74) is 0.734. The van der Waals surface area contributed by atoms with Gasteiger partial charge in [-0.2, -0.15) is 84.9 Å². The lowest BCUT2D eigenvalue weighted by molar-refractivity contribution is -0.471. The number of nitrogens with zero attached hydrogens (tertiary/aromatic N) is 3. The van der Waals surface area contributed by atoms with E-state index in [-0.39, 0.29) is 23.5 Å². The average molecular weight is 659 g/mol. The van der Waals surface area contributed by atoms with Crippen molar-refractivity contribution in [2.24, 2.45) is 10.2 Å². The summed E-state index contributed by atoms with van der Waals surface area (Å²) in [5, 5.41) is 7.32. The molecule has 0 heterocycles. The van der Waals surface area contributed by atoms with Gasteiger partial charge in [0.15, 0.2) is 0 Å². The maximum atomic E-state index is 14.0. The number of alkyl halides is 17. The van der Waals surface area contributed by atoms with Crippen LogP contribution in [-0.2, 0) is 0 Å². The van der Waals surface area contributed by atoms with Gasteiger partial charge in [0.1, 0.15) is 5.75 Å². The van der Waals surface area contributed by atoms with Gasteiger partial charge >= 0.3 is 47.8 Å². The minimum atomic E-state index is -8.71. The highest BCUT2D eigenvalue weighted by atomic mass is 19.4. The first-order valence-electron chi connectivity index (χ1n) is 10.8. The van der Waals surface area contributed by atoms with Crippen molar-refractivity contribution in [1.29, 1.82) is 0 Å². The Morgan fingerprint density at radius 3 is 1.14 bits per heavy atom. The van der Waals surface area contributed by atoms with Crippen molar-refractivity contribution >= 4 is 17.1 Å².